The molecule has 0 radical (unpaired) electrons. The van der Waals surface area contributed by atoms with Gasteiger partial charge in [-0.05, 0) is 56.5 Å². The van der Waals surface area contributed by atoms with Crippen LogP contribution in [0.1, 0.15) is 52.9 Å². The van der Waals surface area contributed by atoms with Crippen LogP contribution >= 0.6 is 0 Å². The lowest BCUT2D eigenvalue weighted by molar-refractivity contribution is 0.0677. The molecule has 14 heavy (non-hydrogen) atoms. The van der Waals surface area contributed by atoms with E-state index in [9.17, 15) is 0 Å². The third kappa shape index (κ3) is 1.98. The number of hydrogen-bond donors (Lipinski definition) is 0. The normalized spacial score (nSPS) is 38.8. The van der Waals surface area contributed by atoms with Crippen molar-refractivity contribution < 1.29 is 0 Å². The monoisotopic (exact) mass is 195 g/mol. The lowest BCUT2D eigenvalue weighted by Gasteiger charge is -2.44. The topological polar surface area (TPSA) is 3.24 Å². The first kappa shape index (κ1) is 10.5. The first-order valence-electron chi connectivity index (χ1n) is 6.33. The maximum atomic E-state index is 2.74. The van der Waals surface area contributed by atoms with Crippen LogP contribution in [-0.2, 0) is 0 Å². The van der Waals surface area contributed by atoms with E-state index in [0.29, 0.717) is 5.41 Å². The highest BCUT2D eigenvalue weighted by Crippen LogP contribution is 2.42. The lowest BCUT2D eigenvalue weighted by Crippen LogP contribution is -2.42. The van der Waals surface area contributed by atoms with E-state index in [2.05, 4.69) is 25.7 Å². The van der Waals surface area contributed by atoms with Crippen molar-refractivity contribution in [1.29, 1.82) is 0 Å². The summed E-state index contributed by atoms with van der Waals surface area (Å²) in [7, 11) is 0. The molecule has 0 amide bonds. The van der Waals surface area contributed by atoms with E-state index in [1.807, 2.05) is 0 Å². The molecular weight excluding hydrogens is 170 g/mol. The zero-order chi connectivity index (χ0) is 10.2. The summed E-state index contributed by atoms with van der Waals surface area (Å²) < 4.78 is 0. The molecule has 0 unspecified atom stereocenters. The van der Waals surface area contributed by atoms with Gasteiger partial charge >= 0.3 is 0 Å². The Kier molecular flexibility index (Phi) is 2.88. The number of hydrogen-bond acceptors (Lipinski definition) is 1. The van der Waals surface area contributed by atoms with Crippen LogP contribution in [0.15, 0.2) is 0 Å². The average Bonchev–Trinajstić information content (AvgIpc) is 2.62. The molecule has 2 aliphatic rings. The van der Waals surface area contributed by atoms with E-state index in [4.69, 9.17) is 0 Å². The fraction of sp³-hybridized carbons (Fsp3) is 1.00. The smallest absolute Gasteiger partial charge is 0.0100 e. The van der Waals surface area contributed by atoms with Crippen molar-refractivity contribution in [2.45, 2.75) is 58.9 Å². The third-order valence-electron chi connectivity index (χ3n) is 4.69. The summed E-state index contributed by atoms with van der Waals surface area (Å²) in [6.07, 6.45) is 7.19. The fourth-order valence-corrected chi connectivity index (χ4v) is 3.16. The van der Waals surface area contributed by atoms with Gasteiger partial charge in [-0.2, -0.15) is 0 Å². The van der Waals surface area contributed by atoms with Gasteiger partial charge < -0.3 is 4.90 Å². The Morgan fingerprint density at radius 2 is 1.71 bits per heavy atom. The second kappa shape index (κ2) is 3.84. The van der Waals surface area contributed by atoms with Crippen molar-refractivity contribution in [3.63, 3.8) is 0 Å². The molecule has 2 atom stereocenters. The van der Waals surface area contributed by atoms with E-state index in [1.54, 1.807) is 0 Å². The molecule has 1 aliphatic heterocycles. The molecule has 1 nitrogen and oxygen atoms in total. The van der Waals surface area contributed by atoms with Crippen LogP contribution in [0, 0.1) is 11.3 Å². The van der Waals surface area contributed by atoms with Gasteiger partial charge in [0, 0.05) is 6.04 Å². The van der Waals surface area contributed by atoms with E-state index < -0.39 is 0 Å². The molecule has 0 aromatic rings. The summed E-state index contributed by atoms with van der Waals surface area (Å²) in [4.78, 5) is 2.74. The van der Waals surface area contributed by atoms with Crippen LogP contribution in [0.2, 0.25) is 0 Å². The maximum absolute atomic E-state index is 2.74. The lowest BCUT2D eigenvalue weighted by atomic mass is 9.68. The molecule has 0 aromatic carbocycles. The van der Waals surface area contributed by atoms with Crippen molar-refractivity contribution in [1.82, 2.24) is 4.90 Å². The van der Waals surface area contributed by atoms with Gasteiger partial charge in [0.05, 0.1) is 0 Å². The summed E-state index contributed by atoms with van der Waals surface area (Å²) in [5, 5.41) is 0. The highest BCUT2D eigenvalue weighted by Gasteiger charge is 2.36. The Bertz CT molecular complexity index is 191. The SMILES string of the molecule is C[C@H]1CC[C@H](N2CCCC2)CC1(C)C. The second-order valence-corrected chi connectivity index (χ2v) is 6.07. The molecule has 82 valence electrons. The molecule has 0 aromatic heterocycles. The summed E-state index contributed by atoms with van der Waals surface area (Å²) >= 11 is 0. The Morgan fingerprint density at radius 3 is 2.29 bits per heavy atom. The molecule has 1 heteroatoms. The minimum atomic E-state index is 0.575. The van der Waals surface area contributed by atoms with Gasteiger partial charge in [-0.1, -0.05) is 20.8 Å². The quantitative estimate of drug-likeness (QED) is 0.620. The molecular formula is C13H25N. The first-order valence-corrected chi connectivity index (χ1v) is 6.33. The Balaban J connectivity index is 1.95. The molecule has 0 bridgehead atoms. The predicted molar refractivity (Wildman–Crippen MR) is 61.4 cm³/mol. The molecule has 0 spiro atoms. The molecule has 1 saturated heterocycles. The van der Waals surface area contributed by atoms with Gasteiger partial charge in [-0.25, -0.2) is 0 Å². The van der Waals surface area contributed by atoms with Crippen molar-refractivity contribution in [3.8, 4) is 0 Å². The summed E-state index contributed by atoms with van der Waals surface area (Å²) in [5.74, 6) is 0.918. The molecule has 0 N–H and O–H groups in total. The van der Waals surface area contributed by atoms with Crippen LogP contribution in [0.25, 0.3) is 0 Å². The zero-order valence-corrected chi connectivity index (χ0v) is 10.1. The minimum Gasteiger partial charge on any atom is -0.300 e. The molecule has 1 aliphatic carbocycles. The van der Waals surface area contributed by atoms with Crippen molar-refractivity contribution in [2.75, 3.05) is 13.1 Å². The second-order valence-electron chi connectivity index (χ2n) is 6.07. The van der Waals surface area contributed by atoms with E-state index in [0.717, 1.165) is 12.0 Å². The van der Waals surface area contributed by atoms with Gasteiger partial charge in [-0.3, -0.25) is 0 Å². The Morgan fingerprint density at radius 1 is 1.07 bits per heavy atom. The summed E-state index contributed by atoms with van der Waals surface area (Å²) in [6.45, 7) is 10.1. The summed E-state index contributed by atoms with van der Waals surface area (Å²) in [6, 6.07) is 0.906. The Labute approximate surface area is 88.9 Å². The van der Waals surface area contributed by atoms with Crippen LogP contribution in [0.3, 0.4) is 0 Å². The molecule has 2 rings (SSSR count). The largest absolute Gasteiger partial charge is 0.300 e. The van der Waals surface area contributed by atoms with Gasteiger partial charge in [0.15, 0.2) is 0 Å². The molecule has 1 heterocycles. The third-order valence-corrected chi connectivity index (χ3v) is 4.69. The average molecular weight is 195 g/mol. The van der Waals surface area contributed by atoms with Gasteiger partial charge in [0.1, 0.15) is 0 Å². The summed E-state index contributed by atoms with van der Waals surface area (Å²) in [5.41, 5.74) is 0.575. The van der Waals surface area contributed by atoms with Gasteiger partial charge in [-0.15, -0.1) is 0 Å². The highest BCUT2D eigenvalue weighted by molar-refractivity contribution is 4.89. The van der Waals surface area contributed by atoms with Crippen LogP contribution < -0.4 is 0 Å². The van der Waals surface area contributed by atoms with Crippen molar-refractivity contribution >= 4 is 0 Å². The highest BCUT2D eigenvalue weighted by atomic mass is 15.2. The first-order chi connectivity index (χ1) is 6.59. The number of likely N-dealkylation sites (tertiary alicyclic amines) is 1. The number of rotatable bonds is 1. The zero-order valence-electron chi connectivity index (χ0n) is 10.1. The maximum Gasteiger partial charge on any atom is 0.0100 e. The van der Waals surface area contributed by atoms with E-state index in [-0.39, 0.29) is 0 Å². The molecule has 1 saturated carbocycles. The van der Waals surface area contributed by atoms with Gasteiger partial charge in [0.2, 0.25) is 0 Å². The van der Waals surface area contributed by atoms with E-state index in [1.165, 1.54) is 45.2 Å². The standard InChI is InChI=1S/C13H25N/c1-11-6-7-12(10-13(11,2)3)14-8-4-5-9-14/h11-12H,4-10H2,1-3H3/t11-,12-/m0/s1. The van der Waals surface area contributed by atoms with Crippen LogP contribution in [-0.4, -0.2) is 24.0 Å². The fourth-order valence-electron chi connectivity index (χ4n) is 3.16. The van der Waals surface area contributed by atoms with Crippen LogP contribution in [0.4, 0.5) is 0 Å². The van der Waals surface area contributed by atoms with Crippen molar-refractivity contribution in [3.05, 3.63) is 0 Å². The van der Waals surface area contributed by atoms with Gasteiger partial charge in [0.25, 0.3) is 0 Å². The number of nitrogens with zero attached hydrogens (tertiary/aromatic N) is 1. The predicted octanol–water partition coefficient (Wildman–Crippen LogP) is 3.30. The van der Waals surface area contributed by atoms with E-state index >= 15 is 0 Å². The van der Waals surface area contributed by atoms with Crippen LogP contribution in [0.5, 0.6) is 0 Å². The minimum absolute atomic E-state index is 0.575. The van der Waals surface area contributed by atoms with Crippen molar-refractivity contribution in [2.24, 2.45) is 11.3 Å². The molecule has 2 fully saturated rings. The Hall–Kier alpha value is -0.0400.